The molecule has 0 aliphatic carbocycles. The molecule has 2 aliphatic heterocycles. The van der Waals surface area contributed by atoms with Crippen LogP contribution in [0.4, 0.5) is 5.69 Å². The van der Waals surface area contributed by atoms with Gasteiger partial charge in [0.05, 0.1) is 17.6 Å². The van der Waals surface area contributed by atoms with E-state index in [2.05, 4.69) is 22.9 Å². The van der Waals surface area contributed by atoms with Gasteiger partial charge in [-0.1, -0.05) is 30.3 Å². The number of aromatic amines is 1. The standard InChI is InChI=1S/C23H26N4O2/c1-16-14-17-6-2-4-8-20(17)26(16)22(28)15-25-12-10-18(11-13-25)27-21-9-5-3-7-19(21)24-23(27)29/h2-9,16,18H,10-15H2,1H3,(H,24,29)/t16-/m1/s1. The third-order valence-corrected chi connectivity index (χ3v) is 6.38. The summed E-state index contributed by atoms with van der Waals surface area (Å²) in [5.74, 6) is 0.171. The molecule has 0 spiro atoms. The number of imidazole rings is 1. The van der Waals surface area contributed by atoms with Gasteiger partial charge >= 0.3 is 5.69 Å². The Morgan fingerprint density at radius 3 is 2.62 bits per heavy atom. The molecule has 1 atom stereocenters. The molecule has 0 bridgehead atoms. The van der Waals surface area contributed by atoms with Gasteiger partial charge in [0.25, 0.3) is 0 Å². The summed E-state index contributed by atoms with van der Waals surface area (Å²) < 4.78 is 1.90. The van der Waals surface area contributed by atoms with Gasteiger partial charge in [-0.3, -0.25) is 14.3 Å². The molecule has 1 saturated heterocycles. The zero-order valence-corrected chi connectivity index (χ0v) is 16.7. The second-order valence-corrected chi connectivity index (χ2v) is 8.27. The summed E-state index contributed by atoms with van der Waals surface area (Å²) in [6, 6.07) is 16.4. The Balaban J connectivity index is 1.26. The fourth-order valence-electron chi connectivity index (χ4n) is 4.99. The number of amides is 1. The normalized spacial score (nSPS) is 20.3. The van der Waals surface area contributed by atoms with Crippen LogP contribution in [0.3, 0.4) is 0 Å². The van der Waals surface area contributed by atoms with Gasteiger partial charge in [-0.2, -0.15) is 0 Å². The molecule has 29 heavy (non-hydrogen) atoms. The molecule has 0 saturated carbocycles. The minimum absolute atomic E-state index is 0.0387. The van der Waals surface area contributed by atoms with Crippen LogP contribution in [-0.2, 0) is 11.2 Å². The second-order valence-electron chi connectivity index (χ2n) is 8.27. The molecule has 1 fully saturated rings. The largest absolute Gasteiger partial charge is 0.326 e. The van der Waals surface area contributed by atoms with Crippen LogP contribution in [0, 0.1) is 0 Å². The average molecular weight is 390 g/mol. The number of nitrogens with zero attached hydrogens (tertiary/aromatic N) is 3. The maximum Gasteiger partial charge on any atom is 0.326 e. The maximum absolute atomic E-state index is 13.0. The number of rotatable bonds is 3. The lowest BCUT2D eigenvalue weighted by molar-refractivity contribution is -0.120. The van der Waals surface area contributed by atoms with Gasteiger partial charge in [0.15, 0.2) is 0 Å². The molecule has 1 aromatic heterocycles. The van der Waals surface area contributed by atoms with Crippen molar-refractivity contribution < 1.29 is 4.79 Å². The first-order chi connectivity index (χ1) is 14.1. The van der Waals surface area contributed by atoms with Gasteiger partial charge in [0, 0.05) is 30.9 Å². The van der Waals surface area contributed by atoms with E-state index in [-0.39, 0.29) is 23.7 Å². The molecular weight excluding hydrogens is 364 g/mol. The van der Waals surface area contributed by atoms with Crippen molar-refractivity contribution in [2.45, 2.75) is 38.3 Å². The van der Waals surface area contributed by atoms with E-state index < -0.39 is 0 Å². The number of aromatic nitrogens is 2. The predicted octanol–water partition coefficient (Wildman–Crippen LogP) is 2.94. The molecule has 1 amide bonds. The molecule has 6 heteroatoms. The first-order valence-electron chi connectivity index (χ1n) is 10.4. The number of anilines is 1. The molecule has 3 aromatic rings. The molecular formula is C23H26N4O2. The second kappa shape index (κ2) is 7.19. The van der Waals surface area contributed by atoms with E-state index in [0.717, 1.165) is 49.1 Å². The quantitative estimate of drug-likeness (QED) is 0.748. The van der Waals surface area contributed by atoms with E-state index >= 15 is 0 Å². The molecule has 0 radical (unpaired) electrons. The van der Waals surface area contributed by atoms with Crippen LogP contribution in [0.15, 0.2) is 53.3 Å². The topological polar surface area (TPSA) is 61.3 Å². The maximum atomic E-state index is 13.0. The highest BCUT2D eigenvalue weighted by atomic mass is 16.2. The zero-order chi connectivity index (χ0) is 20.0. The Kier molecular flexibility index (Phi) is 4.51. The zero-order valence-electron chi connectivity index (χ0n) is 16.7. The molecule has 3 heterocycles. The summed E-state index contributed by atoms with van der Waals surface area (Å²) in [5, 5.41) is 0. The predicted molar refractivity (Wildman–Crippen MR) is 114 cm³/mol. The monoisotopic (exact) mass is 390 g/mol. The molecule has 2 aromatic carbocycles. The van der Waals surface area contributed by atoms with Crippen molar-refractivity contribution in [2.75, 3.05) is 24.5 Å². The van der Waals surface area contributed by atoms with Crippen LogP contribution in [-0.4, -0.2) is 46.0 Å². The first kappa shape index (κ1) is 18.2. The number of nitrogens with one attached hydrogen (secondary N) is 1. The van der Waals surface area contributed by atoms with Crippen molar-refractivity contribution in [1.29, 1.82) is 0 Å². The van der Waals surface area contributed by atoms with Gasteiger partial charge in [0.2, 0.25) is 5.91 Å². The van der Waals surface area contributed by atoms with Crippen LogP contribution in [0.2, 0.25) is 0 Å². The smallest absolute Gasteiger partial charge is 0.308 e. The minimum atomic E-state index is -0.0387. The summed E-state index contributed by atoms with van der Waals surface area (Å²) >= 11 is 0. The Morgan fingerprint density at radius 1 is 1.07 bits per heavy atom. The summed E-state index contributed by atoms with van der Waals surface area (Å²) in [6.45, 7) is 4.21. The van der Waals surface area contributed by atoms with Crippen molar-refractivity contribution in [2.24, 2.45) is 0 Å². The van der Waals surface area contributed by atoms with Crippen LogP contribution >= 0.6 is 0 Å². The Hall–Kier alpha value is -2.86. The average Bonchev–Trinajstić information content (AvgIpc) is 3.23. The molecule has 150 valence electrons. The van der Waals surface area contributed by atoms with Crippen molar-refractivity contribution in [3.8, 4) is 0 Å². The van der Waals surface area contributed by atoms with Gasteiger partial charge in [-0.15, -0.1) is 0 Å². The SMILES string of the molecule is C[C@@H]1Cc2ccccc2N1C(=O)CN1CCC(n2c(=O)[nH]c3ccccc32)CC1. The minimum Gasteiger partial charge on any atom is -0.308 e. The number of hydrogen-bond donors (Lipinski definition) is 1. The van der Waals surface area contributed by atoms with E-state index in [1.165, 1.54) is 5.56 Å². The van der Waals surface area contributed by atoms with Gasteiger partial charge in [0.1, 0.15) is 0 Å². The number of fused-ring (bicyclic) bond motifs is 2. The number of carbonyl (C=O) groups excluding carboxylic acids is 1. The number of H-pyrrole nitrogens is 1. The lowest BCUT2D eigenvalue weighted by Gasteiger charge is -2.33. The van der Waals surface area contributed by atoms with Crippen LogP contribution in [0.25, 0.3) is 11.0 Å². The van der Waals surface area contributed by atoms with E-state index in [9.17, 15) is 9.59 Å². The number of benzene rings is 2. The van der Waals surface area contributed by atoms with Crippen molar-refractivity contribution >= 4 is 22.6 Å². The lowest BCUT2D eigenvalue weighted by Crippen LogP contribution is -2.46. The van der Waals surface area contributed by atoms with Crippen LogP contribution < -0.4 is 10.6 Å². The third-order valence-electron chi connectivity index (χ3n) is 6.38. The Bertz CT molecular complexity index is 1110. The van der Waals surface area contributed by atoms with E-state index in [1.54, 1.807) is 0 Å². The van der Waals surface area contributed by atoms with Crippen molar-refractivity contribution in [1.82, 2.24) is 14.5 Å². The fourth-order valence-corrected chi connectivity index (χ4v) is 4.99. The summed E-state index contributed by atoms with van der Waals surface area (Å²) in [7, 11) is 0. The van der Waals surface area contributed by atoms with Crippen LogP contribution in [0.5, 0.6) is 0 Å². The van der Waals surface area contributed by atoms with Crippen molar-refractivity contribution in [3.63, 3.8) is 0 Å². The highest BCUT2D eigenvalue weighted by Gasteiger charge is 2.32. The van der Waals surface area contributed by atoms with Crippen molar-refractivity contribution in [3.05, 3.63) is 64.6 Å². The van der Waals surface area contributed by atoms with Gasteiger partial charge in [-0.25, -0.2) is 4.79 Å². The molecule has 1 N–H and O–H groups in total. The number of carbonyl (C=O) groups is 1. The molecule has 0 unspecified atom stereocenters. The third kappa shape index (κ3) is 3.17. The number of para-hydroxylation sites is 3. The molecule has 2 aliphatic rings. The first-order valence-corrected chi connectivity index (χ1v) is 10.4. The number of hydrogen-bond acceptors (Lipinski definition) is 3. The molecule has 6 nitrogen and oxygen atoms in total. The van der Waals surface area contributed by atoms with E-state index in [0.29, 0.717) is 6.54 Å². The highest BCUT2D eigenvalue weighted by molar-refractivity contribution is 5.97. The van der Waals surface area contributed by atoms with E-state index in [4.69, 9.17) is 0 Å². The number of piperidine rings is 1. The lowest BCUT2D eigenvalue weighted by atomic mass is 10.0. The fraction of sp³-hybridized carbons (Fsp3) is 0.391. The Morgan fingerprint density at radius 2 is 1.79 bits per heavy atom. The number of likely N-dealkylation sites (tertiary alicyclic amines) is 1. The Labute approximate surface area is 169 Å². The van der Waals surface area contributed by atoms with Gasteiger partial charge in [-0.05, 0) is 49.9 Å². The molecule has 5 rings (SSSR count). The van der Waals surface area contributed by atoms with Crippen LogP contribution in [0.1, 0.15) is 31.4 Å². The summed E-state index contributed by atoms with van der Waals surface area (Å²) in [5.41, 5.74) is 4.13. The van der Waals surface area contributed by atoms with E-state index in [1.807, 2.05) is 51.9 Å². The summed E-state index contributed by atoms with van der Waals surface area (Å²) in [6.07, 6.45) is 2.68. The highest BCUT2D eigenvalue weighted by Crippen LogP contribution is 2.32. The van der Waals surface area contributed by atoms with Gasteiger partial charge < -0.3 is 9.88 Å². The summed E-state index contributed by atoms with van der Waals surface area (Å²) in [4.78, 5) is 32.7.